The third-order valence-corrected chi connectivity index (χ3v) is 9.82. The molecule has 2 heterocycles. The molecule has 2 aliphatic rings. The Morgan fingerprint density at radius 3 is 1.29 bits per heavy atom. The molecule has 2 fully saturated rings. The minimum atomic E-state index is -0.702. The van der Waals surface area contributed by atoms with Crippen molar-refractivity contribution in [1.29, 1.82) is 0 Å². The number of ether oxygens (including phenoxy) is 8. The van der Waals surface area contributed by atoms with Crippen molar-refractivity contribution in [2.75, 3.05) is 26.8 Å². The number of carbonyl (C=O) groups is 2. The van der Waals surface area contributed by atoms with Crippen LogP contribution in [0.3, 0.4) is 0 Å². The summed E-state index contributed by atoms with van der Waals surface area (Å²) in [4.78, 5) is 24.7. The van der Waals surface area contributed by atoms with Crippen LogP contribution in [0, 0.1) is 0 Å². The topological polar surface area (TPSA) is 148 Å². The van der Waals surface area contributed by atoms with Gasteiger partial charge in [0.25, 0.3) is 0 Å². The monoisotopic (exact) mass is 878 g/mol. The van der Waals surface area contributed by atoms with Crippen molar-refractivity contribution < 1.29 is 59.1 Å². The second kappa shape index (κ2) is 23.5. The predicted molar refractivity (Wildman–Crippen MR) is 243 cm³/mol. The average Bonchev–Trinajstić information content (AvgIpc) is 3.30. The summed E-state index contributed by atoms with van der Waals surface area (Å²) in [6, 6.07) is 43.7. The summed E-state index contributed by atoms with van der Waals surface area (Å²) in [5.41, 5.74) is 4.71. The van der Waals surface area contributed by atoms with Crippen molar-refractivity contribution in [3.63, 3.8) is 0 Å². The highest BCUT2D eigenvalue weighted by molar-refractivity contribution is 7.59. The third-order valence-electron chi connectivity index (χ3n) is 9.82. The fourth-order valence-electron chi connectivity index (χ4n) is 6.67. The lowest BCUT2D eigenvalue weighted by molar-refractivity contribution is -0.109. The summed E-state index contributed by atoms with van der Waals surface area (Å²) in [5.74, 6) is 0.476. The first kappa shape index (κ1) is 45.8. The Morgan fingerprint density at radius 2 is 0.889 bits per heavy atom. The van der Waals surface area contributed by atoms with Crippen LogP contribution in [-0.2, 0) is 18.9 Å². The number of hydrogen-bond donors (Lipinski definition) is 2. The average molecular weight is 879 g/mol. The molecule has 2 unspecified atom stereocenters. The van der Waals surface area contributed by atoms with E-state index in [-0.39, 0.29) is 58.2 Å². The van der Waals surface area contributed by atoms with E-state index < -0.39 is 11.9 Å². The highest BCUT2D eigenvalue weighted by atomic mass is 32.1. The minimum Gasteiger partial charge on any atom is -0.508 e. The molecular formula is C50H52O12S. The van der Waals surface area contributed by atoms with Gasteiger partial charge < -0.3 is 48.1 Å². The van der Waals surface area contributed by atoms with Gasteiger partial charge in [0.2, 0.25) is 13.6 Å². The van der Waals surface area contributed by atoms with E-state index in [0.717, 1.165) is 66.8 Å². The summed E-state index contributed by atoms with van der Waals surface area (Å²) in [6.07, 6.45) is 5.02. The Morgan fingerprint density at radius 1 is 0.492 bits per heavy atom. The van der Waals surface area contributed by atoms with Crippen molar-refractivity contribution >= 4 is 25.4 Å². The molecule has 2 atom stereocenters. The van der Waals surface area contributed by atoms with Gasteiger partial charge in [0, 0.05) is 26.4 Å². The molecule has 0 bridgehead atoms. The molecule has 0 aromatic heterocycles. The van der Waals surface area contributed by atoms with Crippen LogP contribution in [0.5, 0.6) is 34.5 Å². The summed E-state index contributed by atoms with van der Waals surface area (Å²) in [6.45, 7) is 0.826. The molecule has 6 aromatic carbocycles. The molecule has 0 spiro atoms. The molecule has 0 amide bonds. The van der Waals surface area contributed by atoms with Crippen molar-refractivity contribution in [3.8, 4) is 56.8 Å². The van der Waals surface area contributed by atoms with Gasteiger partial charge in [0.05, 0.1) is 24.3 Å². The fraction of sp³-hybridized carbons (Fsp3) is 0.240. The van der Waals surface area contributed by atoms with Crippen molar-refractivity contribution in [3.05, 3.63) is 157 Å². The number of rotatable bonds is 14. The van der Waals surface area contributed by atoms with Gasteiger partial charge in [-0.3, -0.25) is 0 Å². The number of benzene rings is 6. The maximum Gasteiger partial charge on any atom is 0.341 e. The van der Waals surface area contributed by atoms with Gasteiger partial charge in [-0.15, -0.1) is 0 Å². The molecule has 0 radical (unpaired) electrons. The number of carbonyl (C=O) groups excluding carboxylic acids is 2. The maximum atomic E-state index is 12.9. The molecule has 13 heteroatoms. The molecule has 2 N–H and O–H groups in total. The number of aromatic hydroxyl groups is 2. The zero-order chi connectivity index (χ0) is 42.9. The van der Waals surface area contributed by atoms with E-state index >= 15 is 0 Å². The first-order valence-corrected chi connectivity index (χ1v) is 20.5. The maximum absolute atomic E-state index is 12.9. The van der Waals surface area contributed by atoms with Gasteiger partial charge in [-0.05, 0) is 96.5 Å². The second-order valence-electron chi connectivity index (χ2n) is 14.4. The lowest BCUT2D eigenvalue weighted by Gasteiger charge is -2.25. The summed E-state index contributed by atoms with van der Waals surface area (Å²) >= 11 is 0. The van der Waals surface area contributed by atoms with E-state index in [9.17, 15) is 19.8 Å². The van der Waals surface area contributed by atoms with Crippen LogP contribution in [0.1, 0.15) is 60.7 Å². The number of hydrogen-bond acceptors (Lipinski definition) is 12. The molecule has 2 aliphatic heterocycles. The molecule has 12 nitrogen and oxygen atoms in total. The van der Waals surface area contributed by atoms with Crippen LogP contribution in [0.15, 0.2) is 146 Å². The van der Waals surface area contributed by atoms with Gasteiger partial charge in [-0.2, -0.15) is 13.5 Å². The Hall–Kier alpha value is -6.67. The van der Waals surface area contributed by atoms with Crippen LogP contribution in [-0.4, -0.2) is 61.5 Å². The Bertz CT molecular complexity index is 2280. The zero-order valence-electron chi connectivity index (χ0n) is 34.6. The van der Waals surface area contributed by atoms with Gasteiger partial charge in [0.15, 0.2) is 12.6 Å². The van der Waals surface area contributed by atoms with E-state index in [4.69, 9.17) is 37.9 Å². The normalized spacial score (nSPS) is 15.6. The standard InChI is InChI=1S/C30H32O7.C20H16O5.H2S.H2/c31-30(35-21-34-25-14-12-23(13-15-25)22-8-2-1-3-9-22)24-18-26(36-28-10-4-6-16-32-28)20-27(19-24)37-29-11-5-7-17-33-29;21-17-10-16(11-18(22)12-17)20(23)25-13-24-19-8-6-15(7-9-19)14-4-2-1-3-5-14;;/h1-3,8-9,12-15,18-20,28-29H,4-7,10-11,16-17,21H2;1-12,21-22H,13H2;1H2;1H/i;;;1+2. The molecular weight excluding hydrogens is 825 g/mol. The molecule has 6 aromatic rings. The van der Waals surface area contributed by atoms with Gasteiger partial charge in [-0.25, -0.2) is 9.59 Å². The van der Waals surface area contributed by atoms with Gasteiger partial charge in [-0.1, -0.05) is 84.9 Å². The number of phenols is 2. The highest BCUT2D eigenvalue weighted by Crippen LogP contribution is 2.30. The highest BCUT2D eigenvalue weighted by Gasteiger charge is 2.21. The molecule has 63 heavy (non-hydrogen) atoms. The number of phenolic OH excluding ortho intramolecular Hbond substituents is 2. The molecule has 2 saturated heterocycles. The van der Waals surface area contributed by atoms with E-state index in [0.29, 0.717) is 41.8 Å². The van der Waals surface area contributed by atoms with Crippen LogP contribution in [0.4, 0.5) is 0 Å². The Labute approximate surface area is 374 Å². The third kappa shape index (κ3) is 14.2. The summed E-state index contributed by atoms with van der Waals surface area (Å²) in [5, 5.41) is 18.7. The van der Waals surface area contributed by atoms with Crippen LogP contribution in [0.2, 0.25) is 0 Å². The van der Waals surface area contributed by atoms with Crippen LogP contribution in [0.25, 0.3) is 22.3 Å². The summed E-state index contributed by atoms with van der Waals surface area (Å²) < 4.78 is 44.8. The van der Waals surface area contributed by atoms with Crippen LogP contribution < -0.4 is 18.9 Å². The molecule has 0 saturated carbocycles. The summed E-state index contributed by atoms with van der Waals surface area (Å²) in [7, 11) is 0. The largest absolute Gasteiger partial charge is 0.508 e. The first-order chi connectivity index (χ1) is 30.3. The predicted octanol–water partition coefficient (Wildman–Crippen LogP) is 10.7. The molecule has 0 aliphatic carbocycles. The van der Waals surface area contributed by atoms with Crippen molar-refractivity contribution in [2.45, 2.75) is 51.1 Å². The smallest absolute Gasteiger partial charge is 0.341 e. The van der Waals surface area contributed by atoms with Crippen molar-refractivity contribution in [2.24, 2.45) is 0 Å². The van der Waals surface area contributed by atoms with Gasteiger partial charge in [0.1, 0.15) is 34.5 Å². The van der Waals surface area contributed by atoms with E-state index in [1.807, 2.05) is 97.1 Å². The minimum absolute atomic E-state index is 0. The lowest BCUT2D eigenvalue weighted by atomic mass is 10.1. The lowest BCUT2D eigenvalue weighted by Crippen LogP contribution is -2.26. The quantitative estimate of drug-likeness (QED) is 0.0792. The van der Waals surface area contributed by atoms with Crippen LogP contribution >= 0.6 is 13.5 Å². The second-order valence-corrected chi connectivity index (χ2v) is 14.4. The number of esters is 2. The Balaban J connectivity index is 0.000000251. The molecule has 330 valence electrons. The van der Waals surface area contributed by atoms with E-state index in [1.165, 1.54) is 12.1 Å². The molecule has 8 rings (SSSR count). The van der Waals surface area contributed by atoms with E-state index in [2.05, 4.69) is 0 Å². The van der Waals surface area contributed by atoms with Gasteiger partial charge >= 0.3 is 11.9 Å². The Kier molecular flexibility index (Phi) is 17.1. The fourth-order valence-corrected chi connectivity index (χ4v) is 6.67. The van der Waals surface area contributed by atoms with Crippen molar-refractivity contribution in [1.82, 2.24) is 0 Å². The first-order valence-electron chi connectivity index (χ1n) is 20.5. The zero-order valence-corrected chi connectivity index (χ0v) is 35.6. The van der Waals surface area contributed by atoms with E-state index in [1.54, 1.807) is 30.3 Å². The SMILES string of the molecule is O=C(OCOc1ccc(-c2ccccc2)cc1)c1cc(O)cc(O)c1.O=C(OCOc1ccc(-c2ccccc2)cc1)c1cc(OC2CCCCO2)cc(OC2CCCCO2)c1.S.[3HH].